The summed E-state index contributed by atoms with van der Waals surface area (Å²) in [6.45, 7) is 3.54. The molecule has 1 aliphatic carbocycles. The summed E-state index contributed by atoms with van der Waals surface area (Å²) in [5, 5.41) is 14.2. The lowest BCUT2D eigenvalue weighted by Gasteiger charge is -2.28. The first-order valence-electron chi connectivity index (χ1n) is 8.97. The average molecular weight is 360 g/mol. The second kappa shape index (κ2) is 8.54. The van der Waals surface area contributed by atoms with Gasteiger partial charge in [0.1, 0.15) is 0 Å². The second-order valence-corrected chi connectivity index (χ2v) is 7.34. The Morgan fingerprint density at radius 2 is 1.92 bits per heavy atom. The third kappa shape index (κ3) is 5.10. The van der Waals surface area contributed by atoms with Crippen LogP contribution in [0.1, 0.15) is 36.8 Å². The highest BCUT2D eigenvalue weighted by molar-refractivity contribution is 6.31. The van der Waals surface area contributed by atoms with E-state index in [0.29, 0.717) is 22.5 Å². The first kappa shape index (κ1) is 18.0. The van der Waals surface area contributed by atoms with E-state index in [4.69, 9.17) is 11.6 Å². The second-order valence-electron chi connectivity index (χ2n) is 6.93. The first-order valence-corrected chi connectivity index (χ1v) is 9.35. The molecule has 0 unspecified atom stereocenters. The van der Waals surface area contributed by atoms with Crippen molar-refractivity contribution in [1.82, 2.24) is 10.0 Å². The highest BCUT2D eigenvalue weighted by Crippen LogP contribution is 2.24. The molecule has 1 heterocycles. The van der Waals surface area contributed by atoms with Crippen molar-refractivity contribution in [1.29, 1.82) is 0 Å². The molecule has 0 amide bonds. The van der Waals surface area contributed by atoms with Crippen LogP contribution in [0.4, 0.5) is 0 Å². The standard InChI is InChI=1S/C20H26ClN3O/c1-15-14-24(25)20(11-19(15)21)23-13-17-7-9-18(10-8-17)22-12-16-5-3-2-4-6-16/h2-6,11,14,17-18,22,25H,7-10,12-13H2,1H3. The molecular formula is C20H26ClN3O. The van der Waals surface area contributed by atoms with Crippen LogP contribution in [0.2, 0.25) is 5.02 Å². The topological polar surface area (TPSA) is 49.5 Å². The van der Waals surface area contributed by atoms with E-state index < -0.39 is 0 Å². The molecule has 1 aromatic heterocycles. The van der Waals surface area contributed by atoms with Crippen molar-refractivity contribution in [2.45, 2.75) is 45.2 Å². The van der Waals surface area contributed by atoms with Gasteiger partial charge in [-0.25, -0.2) is 0 Å². The maximum Gasteiger partial charge on any atom is 0.164 e. The summed E-state index contributed by atoms with van der Waals surface area (Å²) in [6, 6.07) is 12.9. The molecule has 2 aromatic rings. The summed E-state index contributed by atoms with van der Waals surface area (Å²) < 4.78 is 1.06. The number of nitrogens with zero attached hydrogens (tertiary/aromatic N) is 2. The van der Waals surface area contributed by atoms with E-state index in [1.54, 1.807) is 12.3 Å². The molecule has 0 spiro atoms. The van der Waals surface area contributed by atoms with Gasteiger partial charge >= 0.3 is 0 Å². The molecule has 0 radical (unpaired) electrons. The van der Waals surface area contributed by atoms with Gasteiger partial charge in [0.25, 0.3) is 0 Å². The van der Waals surface area contributed by atoms with E-state index >= 15 is 0 Å². The molecule has 134 valence electrons. The van der Waals surface area contributed by atoms with Gasteiger partial charge in [0.2, 0.25) is 0 Å². The summed E-state index contributed by atoms with van der Waals surface area (Å²) in [6.07, 6.45) is 6.30. The largest absolute Gasteiger partial charge is 0.427 e. The summed E-state index contributed by atoms with van der Waals surface area (Å²) in [5.74, 6) is 0.579. The lowest BCUT2D eigenvalue weighted by molar-refractivity contribution is 0.170. The zero-order valence-corrected chi connectivity index (χ0v) is 15.4. The molecular weight excluding hydrogens is 334 g/mol. The Hall–Kier alpha value is -1.78. The highest BCUT2D eigenvalue weighted by Gasteiger charge is 2.20. The summed E-state index contributed by atoms with van der Waals surface area (Å²) in [7, 11) is 0. The third-order valence-corrected chi connectivity index (χ3v) is 5.39. The molecule has 1 aliphatic rings. The van der Waals surface area contributed by atoms with Crippen LogP contribution >= 0.6 is 11.6 Å². The van der Waals surface area contributed by atoms with E-state index in [1.165, 1.54) is 31.2 Å². The predicted molar refractivity (Wildman–Crippen MR) is 101 cm³/mol. The van der Waals surface area contributed by atoms with Crippen molar-refractivity contribution in [3.05, 3.63) is 64.2 Å². The number of benzene rings is 1. The van der Waals surface area contributed by atoms with E-state index in [2.05, 4.69) is 40.6 Å². The third-order valence-electron chi connectivity index (χ3n) is 4.98. The molecule has 5 heteroatoms. The van der Waals surface area contributed by atoms with Crippen molar-refractivity contribution in [2.75, 3.05) is 6.54 Å². The summed E-state index contributed by atoms with van der Waals surface area (Å²) in [5.41, 5.74) is 2.71. The molecule has 0 aliphatic heterocycles. The number of nitrogens with one attached hydrogen (secondary N) is 1. The number of halogens is 1. The minimum atomic E-state index is 0.528. The molecule has 3 rings (SSSR count). The van der Waals surface area contributed by atoms with Crippen molar-refractivity contribution in [2.24, 2.45) is 10.9 Å². The number of hydrogen-bond acceptors (Lipinski definition) is 3. The molecule has 0 atom stereocenters. The molecule has 25 heavy (non-hydrogen) atoms. The Morgan fingerprint density at radius 3 is 2.64 bits per heavy atom. The maximum absolute atomic E-state index is 9.92. The predicted octanol–water partition coefficient (Wildman–Crippen LogP) is 3.94. The lowest BCUT2D eigenvalue weighted by Crippen LogP contribution is -2.33. The molecule has 1 aromatic carbocycles. The minimum absolute atomic E-state index is 0.528. The minimum Gasteiger partial charge on any atom is -0.427 e. The van der Waals surface area contributed by atoms with Crippen LogP contribution in [0.5, 0.6) is 0 Å². The van der Waals surface area contributed by atoms with Crippen LogP contribution in [-0.4, -0.2) is 22.5 Å². The quantitative estimate of drug-likeness (QED) is 0.794. The Labute approximate surface area is 154 Å². The van der Waals surface area contributed by atoms with E-state index in [-0.39, 0.29) is 0 Å². The van der Waals surface area contributed by atoms with Crippen LogP contribution < -0.4 is 10.8 Å². The number of rotatable bonds is 5. The number of pyridine rings is 1. The maximum atomic E-state index is 9.92. The molecule has 0 bridgehead atoms. The van der Waals surface area contributed by atoms with E-state index in [9.17, 15) is 5.21 Å². The Kier molecular flexibility index (Phi) is 6.16. The van der Waals surface area contributed by atoms with Crippen molar-refractivity contribution in [3.63, 3.8) is 0 Å². The SMILES string of the molecule is Cc1cn(O)c(=NCC2CCC(NCc3ccccc3)CC2)cc1Cl. The van der Waals surface area contributed by atoms with Crippen LogP contribution in [0, 0.1) is 12.8 Å². The van der Waals surface area contributed by atoms with Gasteiger partial charge in [-0.15, -0.1) is 0 Å². The zero-order valence-electron chi connectivity index (χ0n) is 14.7. The zero-order chi connectivity index (χ0) is 17.6. The summed E-state index contributed by atoms with van der Waals surface area (Å²) >= 11 is 6.12. The fourth-order valence-electron chi connectivity index (χ4n) is 3.35. The van der Waals surface area contributed by atoms with Crippen molar-refractivity contribution < 1.29 is 5.21 Å². The molecule has 1 fully saturated rings. The van der Waals surface area contributed by atoms with Crippen molar-refractivity contribution in [3.8, 4) is 0 Å². The first-order chi connectivity index (χ1) is 12.1. The summed E-state index contributed by atoms with van der Waals surface area (Å²) in [4.78, 5) is 4.56. The fraction of sp³-hybridized carbons (Fsp3) is 0.450. The van der Waals surface area contributed by atoms with Gasteiger partial charge in [-0.3, -0.25) is 4.99 Å². The Bertz CT molecular complexity index is 749. The van der Waals surface area contributed by atoms with Gasteiger partial charge in [-0.2, -0.15) is 4.73 Å². The van der Waals surface area contributed by atoms with Crippen molar-refractivity contribution >= 4 is 11.6 Å². The van der Waals surface area contributed by atoms with Gasteiger partial charge in [0, 0.05) is 30.2 Å². The highest BCUT2D eigenvalue weighted by atomic mass is 35.5. The molecule has 0 saturated heterocycles. The molecule has 4 nitrogen and oxygen atoms in total. The van der Waals surface area contributed by atoms with Crippen LogP contribution in [0.3, 0.4) is 0 Å². The van der Waals surface area contributed by atoms with Crippen LogP contribution in [0.15, 0.2) is 47.6 Å². The Balaban J connectivity index is 1.48. The molecule has 2 N–H and O–H groups in total. The lowest BCUT2D eigenvalue weighted by atomic mass is 9.86. The number of aryl methyl sites for hydroxylation is 1. The molecule has 1 saturated carbocycles. The van der Waals surface area contributed by atoms with Gasteiger partial charge < -0.3 is 10.5 Å². The fourth-order valence-corrected chi connectivity index (χ4v) is 3.50. The normalized spacial score (nSPS) is 21.4. The Morgan fingerprint density at radius 1 is 1.20 bits per heavy atom. The van der Waals surface area contributed by atoms with Crippen LogP contribution in [-0.2, 0) is 6.54 Å². The van der Waals surface area contributed by atoms with Crippen LogP contribution in [0.25, 0.3) is 0 Å². The van der Waals surface area contributed by atoms with Gasteiger partial charge in [-0.05, 0) is 49.7 Å². The van der Waals surface area contributed by atoms with Gasteiger partial charge in [0.05, 0.1) is 6.20 Å². The number of hydrogen-bond donors (Lipinski definition) is 2. The number of aromatic nitrogens is 1. The monoisotopic (exact) mass is 359 g/mol. The van der Waals surface area contributed by atoms with E-state index in [1.807, 2.05) is 6.92 Å². The smallest absolute Gasteiger partial charge is 0.164 e. The van der Waals surface area contributed by atoms with Gasteiger partial charge in [-0.1, -0.05) is 41.9 Å². The van der Waals surface area contributed by atoms with E-state index in [0.717, 1.165) is 23.4 Å². The average Bonchev–Trinajstić information content (AvgIpc) is 2.64. The van der Waals surface area contributed by atoms with Gasteiger partial charge in [0.15, 0.2) is 5.49 Å².